The van der Waals surface area contributed by atoms with Crippen molar-refractivity contribution in [3.05, 3.63) is 135 Å². The summed E-state index contributed by atoms with van der Waals surface area (Å²) in [4.78, 5) is 35.8. The number of para-hydroxylation sites is 1. The monoisotopic (exact) mass is 688 g/mol. The molecule has 6 rings (SSSR count). The first kappa shape index (κ1) is 34.9. The third kappa shape index (κ3) is 7.78. The number of fused-ring (bicyclic) bond motifs is 1. The number of rotatable bonds is 11. The zero-order chi connectivity index (χ0) is 35.4. The Hall–Kier alpha value is -4.90. The zero-order valence-corrected chi connectivity index (χ0v) is 27.6. The molecular formula is C39H37F5N4O2. The van der Waals surface area contributed by atoms with Crippen LogP contribution in [0.15, 0.2) is 95.8 Å². The Kier molecular flexibility index (Phi) is 10.4. The van der Waals surface area contributed by atoms with Crippen LogP contribution < -0.4 is 5.56 Å². The van der Waals surface area contributed by atoms with Crippen molar-refractivity contribution in [2.75, 3.05) is 19.6 Å². The van der Waals surface area contributed by atoms with Gasteiger partial charge in [0.25, 0.3) is 5.56 Å². The number of nitrogens with zero attached hydrogens (tertiary/aromatic N) is 4. The number of benzene rings is 4. The van der Waals surface area contributed by atoms with Gasteiger partial charge in [0.15, 0.2) is 11.6 Å². The number of hydrogen-bond donors (Lipinski definition) is 0. The van der Waals surface area contributed by atoms with Crippen LogP contribution in [-0.2, 0) is 36.9 Å². The molecule has 50 heavy (non-hydrogen) atoms. The van der Waals surface area contributed by atoms with Gasteiger partial charge in [-0.1, -0.05) is 67.6 Å². The minimum absolute atomic E-state index is 0.0745. The first-order chi connectivity index (χ1) is 24.0. The van der Waals surface area contributed by atoms with E-state index in [1.165, 1.54) is 24.3 Å². The second-order valence-corrected chi connectivity index (χ2v) is 12.6. The zero-order valence-electron chi connectivity index (χ0n) is 27.6. The Morgan fingerprint density at radius 3 is 2.30 bits per heavy atom. The molecule has 6 nitrogen and oxygen atoms in total. The van der Waals surface area contributed by atoms with Crippen LogP contribution in [0.2, 0.25) is 0 Å². The Labute approximate surface area is 286 Å². The molecule has 0 bridgehead atoms. The average Bonchev–Trinajstić information content (AvgIpc) is 3.57. The summed E-state index contributed by atoms with van der Waals surface area (Å²) in [6.45, 7) is 4.52. The maximum Gasteiger partial charge on any atom is 0.416 e. The minimum atomic E-state index is -4.41. The predicted octanol–water partition coefficient (Wildman–Crippen LogP) is 7.66. The van der Waals surface area contributed by atoms with Gasteiger partial charge >= 0.3 is 6.18 Å². The number of carbonyl (C=O) groups is 1. The molecule has 1 aliphatic rings. The first-order valence-electron chi connectivity index (χ1n) is 16.7. The number of hydrogen-bond acceptors (Lipinski definition) is 4. The summed E-state index contributed by atoms with van der Waals surface area (Å²) in [5.41, 5.74) is 1.73. The van der Waals surface area contributed by atoms with E-state index in [2.05, 4.69) is 16.8 Å². The van der Waals surface area contributed by atoms with Crippen molar-refractivity contribution in [2.45, 2.75) is 57.9 Å². The molecule has 1 amide bonds. The third-order valence-electron chi connectivity index (χ3n) is 9.47. The number of amides is 1. The van der Waals surface area contributed by atoms with Crippen LogP contribution >= 0.6 is 0 Å². The van der Waals surface area contributed by atoms with Crippen LogP contribution in [0.4, 0.5) is 22.0 Å². The van der Waals surface area contributed by atoms with Crippen molar-refractivity contribution in [3.8, 4) is 11.1 Å². The lowest BCUT2D eigenvalue weighted by Gasteiger charge is -2.31. The predicted molar refractivity (Wildman–Crippen MR) is 182 cm³/mol. The number of aryl methyl sites for hydroxylation is 2. The van der Waals surface area contributed by atoms with Gasteiger partial charge in [0.1, 0.15) is 12.4 Å². The molecule has 5 aromatic rings. The molecule has 0 spiro atoms. The van der Waals surface area contributed by atoms with Crippen LogP contribution in [0.3, 0.4) is 0 Å². The topological polar surface area (TPSA) is 58.4 Å². The summed E-state index contributed by atoms with van der Waals surface area (Å²) in [6.07, 6.45) is -2.27. The Morgan fingerprint density at radius 1 is 0.900 bits per heavy atom. The van der Waals surface area contributed by atoms with E-state index in [1.54, 1.807) is 33.7 Å². The van der Waals surface area contributed by atoms with E-state index in [0.29, 0.717) is 28.8 Å². The summed E-state index contributed by atoms with van der Waals surface area (Å²) >= 11 is 0. The van der Waals surface area contributed by atoms with Gasteiger partial charge in [-0.05, 0) is 84.9 Å². The SMILES string of the molecule is CCN1CCCC1CN(Cc1ccc(-c2ccc(C(F)(F)F)cc2)cc1)C(=O)Cn1c(CCc2cccc(F)c2F)nc(=O)c2ccccc21. The van der Waals surface area contributed by atoms with Gasteiger partial charge in [0, 0.05) is 25.6 Å². The molecule has 260 valence electrons. The van der Waals surface area contributed by atoms with Crippen LogP contribution in [0.25, 0.3) is 22.0 Å². The number of halogens is 5. The molecule has 0 saturated carbocycles. The molecule has 4 aromatic carbocycles. The van der Waals surface area contributed by atoms with Crippen molar-refractivity contribution in [3.63, 3.8) is 0 Å². The Balaban J connectivity index is 1.29. The quantitative estimate of drug-likeness (QED) is 0.134. The molecule has 0 radical (unpaired) electrons. The van der Waals surface area contributed by atoms with Gasteiger partial charge in [0.2, 0.25) is 5.91 Å². The lowest BCUT2D eigenvalue weighted by molar-refractivity contribution is -0.137. The summed E-state index contributed by atoms with van der Waals surface area (Å²) in [5.74, 6) is -1.82. The highest BCUT2D eigenvalue weighted by atomic mass is 19.4. The lowest BCUT2D eigenvalue weighted by Crippen LogP contribution is -2.44. The van der Waals surface area contributed by atoms with Crippen LogP contribution in [0.1, 0.15) is 42.3 Å². The first-order valence-corrected chi connectivity index (χ1v) is 16.7. The van der Waals surface area contributed by atoms with Crippen molar-refractivity contribution in [2.24, 2.45) is 0 Å². The number of likely N-dealkylation sites (tertiary alicyclic amines) is 1. The third-order valence-corrected chi connectivity index (χ3v) is 9.47. The summed E-state index contributed by atoms with van der Waals surface area (Å²) in [6, 6.07) is 23.4. The molecule has 0 aliphatic carbocycles. The number of carbonyl (C=O) groups excluding carboxylic acids is 1. The second kappa shape index (κ2) is 14.9. The number of likely N-dealkylation sites (N-methyl/N-ethyl adjacent to an activating group) is 1. The lowest BCUT2D eigenvalue weighted by atomic mass is 10.0. The summed E-state index contributed by atoms with van der Waals surface area (Å²) < 4.78 is 69.4. The van der Waals surface area contributed by atoms with Gasteiger partial charge < -0.3 is 9.47 Å². The normalized spacial score (nSPS) is 15.1. The fourth-order valence-electron chi connectivity index (χ4n) is 6.76. The van der Waals surface area contributed by atoms with Crippen LogP contribution in [0, 0.1) is 11.6 Å². The Bertz CT molecular complexity index is 2030. The highest BCUT2D eigenvalue weighted by Gasteiger charge is 2.30. The molecule has 1 saturated heterocycles. The van der Waals surface area contributed by atoms with Crippen molar-refractivity contribution < 1.29 is 26.7 Å². The summed E-state index contributed by atoms with van der Waals surface area (Å²) in [7, 11) is 0. The maximum absolute atomic E-state index is 14.5. The van der Waals surface area contributed by atoms with Crippen LogP contribution in [0.5, 0.6) is 0 Å². The number of alkyl halides is 3. The van der Waals surface area contributed by atoms with E-state index in [0.717, 1.165) is 55.3 Å². The minimum Gasteiger partial charge on any atom is -0.335 e. The molecule has 11 heteroatoms. The Morgan fingerprint density at radius 2 is 1.60 bits per heavy atom. The average molecular weight is 689 g/mol. The van der Waals surface area contributed by atoms with E-state index >= 15 is 0 Å². The van der Waals surface area contributed by atoms with Crippen molar-refractivity contribution in [1.29, 1.82) is 0 Å². The van der Waals surface area contributed by atoms with Gasteiger partial charge in [0.05, 0.1) is 16.5 Å². The van der Waals surface area contributed by atoms with E-state index in [4.69, 9.17) is 0 Å². The molecule has 1 fully saturated rings. The molecule has 0 N–H and O–H groups in total. The fraction of sp³-hybridized carbons (Fsp3) is 0.308. The molecular weight excluding hydrogens is 651 g/mol. The number of aromatic nitrogens is 2. The van der Waals surface area contributed by atoms with Gasteiger partial charge in [-0.15, -0.1) is 0 Å². The summed E-state index contributed by atoms with van der Waals surface area (Å²) in [5, 5.41) is 0.347. The highest BCUT2D eigenvalue weighted by Crippen LogP contribution is 2.31. The molecule has 1 atom stereocenters. The van der Waals surface area contributed by atoms with E-state index in [-0.39, 0.29) is 43.4 Å². The highest BCUT2D eigenvalue weighted by molar-refractivity contribution is 5.82. The largest absolute Gasteiger partial charge is 0.416 e. The smallest absolute Gasteiger partial charge is 0.335 e. The fourth-order valence-corrected chi connectivity index (χ4v) is 6.76. The molecule has 1 unspecified atom stereocenters. The standard InChI is InChI=1S/C39H37F5N4O2/c1-2-46-22-6-8-31(46)24-47(23-26-12-14-27(15-13-26)28-16-19-30(20-17-28)39(42,43)44)36(49)25-48-34-11-4-3-9-32(34)38(50)45-35(48)21-18-29-7-5-10-33(40)37(29)41/h3-5,7,9-17,19-20,31H,2,6,8,18,21-25H2,1H3. The van der Waals surface area contributed by atoms with Gasteiger partial charge in [-0.3, -0.25) is 14.5 Å². The van der Waals surface area contributed by atoms with Gasteiger partial charge in [-0.25, -0.2) is 8.78 Å². The molecule has 1 aromatic heterocycles. The second-order valence-electron chi connectivity index (χ2n) is 12.6. The van der Waals surface area contributed by atoms with Crippen LogP contribution in [-0.4, -0.2) is 50.9 Å². The van der Waals surface area contributed by atoms with Crippen molar-refractivity contribution in [1.82, 2.24) is 19.4 Å². The van der Waals surface area contributed by atoms with E-state index in [9.17, 15) is 31.5 Å². The van der Waals surface area contributed by atoms with Gasteiger partial charge in [-0.2, -0.15) is 18.2 Å². The van der Waals surface area contributed by atoms with E-state index < -0.39 is 28.9 Å². The van der Waals surface area contributed by atoms with Crippen molar-refractivity contribution >= 4 is 16.8 Å². The molecule has 2 heterocycles. The molecule has 1 aliphatic heterocycles. The van der Waals surface area contributed by atoms with E-state index in [1.807, 2.05) is 24.3 Å². The maximum atomic E-state index is 14.5.